The van der Waals surface area contributed by atoms with Crippen molar-refractivity contribution < 1.29 is 9.21 Å². The van der Waals surface area contributed by atoms with Crippen molar-refractivity contribution in [2.75, 3.05) is 0 Å². The summed E-state index contributed by atoms with van der Waals surface area (Å²) < 4.78 is 5.23. The molecular weight excluding hydrogens is 260 g/mol. The lowest BCUT2D eigenvalue weighted by Crippen LogP contribution is -1.90. The standard InChI is InChI=1S/C16H13ClO2/c1-12-7-10-16(19-12)15(18)9-8-14(17)11-13-5-3-2-4-6-13/h2-11H,1H3/b9-8+,14-11+. The first kappa shape index (κ1) is 13.4. The molecule has 0 spiro atoms. The molecule has 0 N–H and O–H groups in total. The van der Waals surface area contributed by atoms with Crippen molar-refractivity contribution in [1.29, 1.82) is 0 Å². The maximum Gasteiger partial charge on any atom is 0.221 e. The molecule has 0 aliphatic carbocycles. The molecule has 0 saturated heterocycles. The van der Waals surface area contributed by atoms with E-state index in [-0.39, 0.29) is 5.78 Å². The first-order valence-corrected chi connectivity index (χ1v) is 6.24. The third-order valence-electron chi connectivity index (χ3n) is 2.48. The number of benzene rings is 1. The number of hydrogen-bond donors (Lipinski definition) is 0. The molecule has 1 heterocycles. The van der Waals surface area contributed by atoms with Gasteiger partial charge in [-0.15, -0.1) is 0 Å². The molecule has 2 nitrogen and oxygen atoms in total. The molecule has 0 aliphatic rings. The molecule has 0 bridgehead atoms. The molecule has 2 rings (SSSR count). The number of allylic oxidation sites excluding steroid dienone is 3. The van der Waals surface area contributed by atoms with Crippen LogP contribution in [0.25, 0.3) is 6.08 Å². The summed E-state index contributed by atoms with van der Waals surface area (Å²) in [5, 5.41) is 0.489. The van der Waals surface area contributed by atoms with E-state index in [0.29, 0.717) is 16.6 Å². The summed E-state index contributed by atoms with van der Waals surface area (Å²) in [6.07, 6.45) is 4.76. The lowest BCUT2D eigenvalue weighted by Gasteiger charge is -1.93. The van der Waals surface area contributed by atoms with Gasteiger partial charge in [-0.3, -0.25) is 4.79 Å². The van der Waals surface area contributed by atoms with E-state index < -0.39 is 0 Å². The third-order valence-corrected chi connectivity index (χ3v) is 2.72. The summed E-state index contributed by atoms with van der Waals surface area (Å²) in [4.78, 5) is 11.7. The van der Waals surface area contributed by atoms with Crippen LogP contribution in [0.2, 0.25) is 0 Å². The topological polar surface area (TPSA) is 30.2 Å². The number of furan rings is 1. The molecule has 0 unspecified atom stereocenters. The first-order valence-electron chi connectivity index (χ1n) is 5.86. The number of halogens is 1. The molecule has 0 fully saturated rings. The van der Waals surface area contributed by atoms with Gasteiger partial charge in [0.25, 0.3) is 0 Å². The van der Waals surface area contributed by atoms with Gasteiger partial charge in [0, 0.05) is 5.03 Å². The van der Waals surface area contributed by atoms with Crippen molar-refractivity contribution in [3.63, 3.8) is 0 Å². The van der Waals surface area contributed by atoms with E-state index in [1.54, 1.807) is 31.2 Å². The normalized spacial score (nSPS) is 12.0. The molecule has 1 aromatic heterocycles. The Labute approximate surface area is 117 Å². The SMILES string of the molecule is Cc1ccc(C(=O)/C=C/C(Cl)=C\c2ccccc2)o1. The van der Waals surface area contributed by atoms with Crippen LogP contribution >= 0.6 is 11.6 Å². The number of ketones is 1. The monoisotopic (exact) mass is 272 g/mol. The van der Waals surface area contributed by atoms with Crippen LogP contribution in [0, 0.1) is 6.92 Å². The molecule has 3 heteroatoms. The maximum absolute atomic E-state index is 11.7. The smallest absolute Gasteiger partial charge is 0.221 e. The van der Waals surface area contributed by atoms with Crippen LogP contribution in [0.1, 0.15) is 21.9 Å². The fraction of sp³-hybridized carbons (Fsp3) is 0.0625. The second-order valence-corrected chi connectivity index (χ2v) is 4.48. The number of rotatable bonds is 4. The van der Waals surface area contributed by atoms with Crippen molar-refractivity contribution in [3.8, 4) is 0 Å². The Kier molecular flexibility index (Phi) is 4.37. The zero-order valence-corrected chi connectivity index (χ0v) is 11.2. The van der Waals surface area contributed by atoms with Gasteiger partial charge in [0.1, 0.15) is 5.76 Å². The van der Waals surface area contributed by atoms with E-state index in [1.165, 1.54) is 6.08 Å². The molecule has 1 aromatic carbocycles. The van der Waals surface area contributed by atoms with Crippen LogP contribution in [-0.4, -0.2) is 5.78 Å². The zero-order chi connectivity index (χ0) is 13.7. The van der Waals surface area contributed by atoms with Crippen LogP contribution in [-0.2, 0) is 0 Å². The minimum absolute atomic E-state index is 0.201. The van der Waals surface area contributed by atoms with Crippen molar-refractivity contribution in [2.24, 2.45) is 0 Å². The van der Waals surface area contributed by atoms with Gasteiger partial charge in [-0.2, -0.15) is 0 Å². The predicted molar refractivity (Wildman–Crippen MR) is 77.2 cm³/mol. The van der Waals surface area contributed by atoms with Gasteiger partial charge >= 0.3 is 0 Å². The predicted octanol–water partition coefficient (Wildman–Crippen LogP) is 4.61. The van der Waals surface area contributed by atoms with E-state index in [1.807, 2.05) is 30.3 Å². The van der Waals surface area contributed by atoms with E-state index in [0.717, 1.165) is 5.56 Å². The third kappa shape index (κ3) is 3.97. The van der Waals surface area contributed by atoms with Gasteiger partial charge in [-0.25, -0.2) is 0 Å². The Balaban J connectivity index is 2.06. The van der Waals surface area contributed by atoms with Crippen molar-refractivity contribution in [3.05, 3.63) is 76.7 Å². The second-order valence-electron chi connectivity index (χ2n) is 4.05. The fourth-order valence-electron chi connectivity index (χ4n) is 1.56. The molecule has 0 atom stereocenters. The Morgan fingerprint density at radius 2 is 1.84 bits per heavy atom. The Bertz CT molecular complexity index is 621. The van der Waals surface area contributed by atoms with Gasteiger partial charge in [0.05, 0.1) is 0 Å². The average Bonchev–Trinajstić information content (AvgIpc) is 2.84. The van der Waals surface area contributed by atoms with E-state index in [9.17, 15) is 4.79 Å². The van der Waals surface area contributed by atoms with Gasteiger partial charge in [0.2, 0.25) is 5.78 Å². The van der Waals surface area contributed by atoms with Gasteiger partial charge in [-0.1, -0.05) is 41.9 Å². The summed E-state index contributed by atoms with van der Waals surface area (Å²) in [7, 11) is 0. The summed E-state index contributed by atoms with van der Waals surface area (Å²) in [6, 6.07) is 13.1. The van der Waals surface area contributed by atoms with Crippen LogP contribution < -0.4 is 0 Å². The second kappa shape index (κ2) is 6.21. The molecule has 19 heavy (non-hydrogen) atoms. The molecule has 0 saturated carbocycles. The van der Waals surface area contributed by atoms with Crippen molar-refractivity contribution in [2.45, 2.75) is 6.92 Å². The van der Waals surface area contributed by atoms with Crippen LogP contribution in [0.4, 0.5) is 0 Å². The fourth-order valence-corrected chi connectivity index (χ4v) is 1.75. The highest BCUT2D eigenvalue weighted by Crippen LogP contribution is 2.13. The molecule has 0 radical (unpaired) electrons. The Hall–Kier alpha value is -2.06. The van der Waals surface area contributed by atoms with E-state index >= 15 is 0 Å². The highest BCUT2D eigenvalue weighted by Gasteiger charge is 2.05. The average molecular weight is 273 g/mol. The summed E-state index contributed by atoms with van der Waals surface area (Å²) >= 11 is 6.04. The number of carbonyl (C=O) groups excluding carboxylic acids is 1. The summed E-state index contributed by atoms with van der Waals surface area (Å²) in [6.45, 7) is 1.79. The Morgan fingerprint density at radius 1 is 1.11 bits per heavy atom. The molecule has 2 aromatic rings. The van der Waals surface area contributed by atoms with Crippen LogP contribution in [0.3, 0.4) is 0 Å². The molecule has 96 valence electrons. The Morgan fingerprint density at radius 3 is 2.47 bits per heavy atom. The van der Waals surface area contributed by atoms with Crippen LogP contribution in [0.5, 0.6) is 0 Å². The van der Waals surface area contributed by atoms with Gasteiger partial charge in [0.15, 0.2) is 5.76 Å². The lowest BCUT2D eigenvalue weighted by molar-refractivity contribution is 0.102. The molecule has 0 amide bonds. The minimum Gasteiger partial charge on any atom is -0.458 e. The van der Waals surface area contributed by atoms with Gasteiger partial charge < -0.3 is 4.42 Å². The lowest BCUT2D eigenvalue weighted by atomic mass is 10.2. The molecule has 0 aliphatic heterocycles. The number of hydrogen-bond acceptors (Lipinski definition) is 2. The van der Waals surface area contributed by atoms with E-state index in [2.05, 4.69) is 0 Å². The first-order chi connectivity index (χ1) is 9.15. The zero-order valence-electron chi connectivity index (χ0n) is 10.5. The van der Waals surface area contributed by atoms with Crippen molar-refractivity contribution >= 4 is 23.5 Å². The van der Waals surface area contributed by atoms with Crippen LogP contribution in [0.15, 0.2) is 64.1 Å². The van der Waals surface area contributed by atoms with Gasteiger partial charge in [-0.05, 0) is 42.8 Å². The van der Waals surface area contributed by atoms with Crippen molar-refractivity contribution in [1.82, 2.24) is 0 Å². The maximum atomic E-state index is 11.7. The highest BCUT2D eigenvalue weighted by molar-refractivity contribution is 6.33. The summed E-state index contributed by atoms with van der Waals surface area (Å²) in [5.74, 6) is 0.827. The quantitative estimate of drug-likeness (QED) is 0.462. The van der Waals surface area contributed by atoms with E-state index in [4.69, 9.17) is 16.0 Å². The summed E-state index contributed by atoms with van der Waals surface area (Å²) in [5.41, 5.74) is 0.985. The number of aryl methyl sites for hydroxylation is 1. The largest absolute Gasteiger partial charge is 0.458 e. The number of carbonyl (C=O) groups is 1. The molecular formula is C16H13ClO2. The highest BCUT2D eigenvalue weighted by atomic mass is 35.5. The minimum atomic E-state index is -0.201.